The third-order valence-electron chi connectivity index (χ3n) is 3.81. The van der Waals surface area contributed by atoms with E-state index in [1.807, 2.05) is 31.3 Å². The zero-order valence-electron chi connectivity index (χ0n) is 13.3. The van der Waals surface area contributed by atoms with Crippen LogP contribution in [0, 0.1) is 0 Å². The maximum atomic E-state index is 12.2. The molecule has 0 bridgehead atoms. The first-order chi connectivity index (χ1) is 11.3. The molecule has 1 saturated carbocycles. The maximum absolute atomic E-state index is 12.2. The molecule has 0 spiro atoms. The topological polar surface area (TPSA) is 104 Å². The average Bonchev–Trinajstić information content (AvgIpc) is 2.55. The van der Waals surface area contributed by atoms with E-state index in [4.69, 9.17) is 21.8 Å². The molecule has 0 saturated heterocycles. The van der Waals surface area contributed by atoms with Crippen LogP contribution in [0.2, 0.25) is 5.02 Å². The number of carboxylic acids is 2. The lowest BCUT2D eigenvalue weighted by Gasteiger charge is -2.36. The molecular weight excluding hydrogens is 334 g/mol. The quantitative estimate of drug-likeness (QED) is 0.719. The minimum Gasteiger partial charge on any atom is -0.478 e. The normalized spacial score (nSPS) is 20.3. The van der Waals surface area contributed by atoms with E-state index >= 15 is 0 Å². The van der Waals surface area contributed by atoms with Crippen molar-refractivity contribution in [3.63, 3.8) is 0 Å². The highest BCUT2D eigenvalue weighted by Gasteiger charge is 2.40. The Balaban J connectivity index is 0.000000307. The van der Waals surface area contributed by atoms with Crippen molar-refractivity contribution in [2.75, 3.05) is 7.05 Å². The first-order valence-corrected chi connectivity index (χ1v) is 7.82. The van der Waals surface area contributed by atoms with Gasteiger partial charge in [-0.15, -0.1) is 0 Å². The van der Waals surface area contributed by atoms with Gasteiger partial charge in [0.2, 0.25) is 0 Å². The molecule has 6 nitrogen and oxygen atoms in total. The molecule has 7 heteroatoms. The predicted molar refractivity (Wildman–Crippen MR) is 90.1 cm³/mol. The fourth-order valence-corrected chi connectivity index (χ4v) is 2.96. The predicted octanol–water partition coefficient (Wildman–Crippen LogP) is 2.61. The molecule has 0 aromatic heterocycles. The van der Waals surface area contributed by atoms with E-state index < -0.39 is 17.5 Å². The molecule has 1 aliphatic carbocycles. The number of hydrogen-bond acceptors (Lipinski definition) is 4. The van der Waals surface area contributed by atoms with Crippen LogP contribution in [-0.4, -0.2) is 35.0 Å². The fourth-order valence-electron chi connectivity index (χ4n) is 2.66. The van der Waals surface area contributed by atoms with E-state index in [1.165, 1.54) is 0 Å². The number of carboxylic acid groups (broad SMARTS) is 2. The van der Waals surface area contributed by atoms with Crippen molar-refractivity contribution < 1.29 is 24.6 Å². The van der Waals surface area contributed by atoms with Gasteiger partial charge in [-0.3, -0.25) is 4.79 Å². The van der Waals surface area contributed by atoms with Crippen LogP contribution < -0.4 is 5.32 Å². The number of halogens is 1. The zero-order valence-corrected chi connectivity index (χ0v) is 14.0. The van der Waals surface area contributed by atoms with Gasteiger partial charge in [-0.25, -0.2) is 9.59 Å². The van der Waals surface area contributed by atoms with Gasteiger partial charge in [-0.05, 0) is 31.5 Å². The highest BCUT2D eigenvalue weighted by atomic mass is 35.5. The molecule has 0 radical (unpaired) electrons. The van der Waals surface area contributed by atoms with Gasteiger partial charge in [0.05, 0.1) is 0 Å². The van der Waals surface area contributed by atoms with Crippen LogP contribution in [0.4, 0.5) is 0 Å². The van der Waals surface area contributed by atoms with Crippen LogP contribution in [0.1, 0.15) is 31.2 Å². The molecule has 0 heterocycles. The van der Waals surface area contributed by atoms with Gasteiger partial charge >= 0.3 is 11.9 Å². The second-order valence-corrected chi connectivity index (χ2v) is 5.68. The van der Waals surface area contributed by atoms with Crippen molar-refractivity contribution in [1.29, 1.82) is 0 Å². The van der Waals surface area contributed by atoms with Crippen molar-refractivity contribution in [2.45, 2.75) is 31.2 Å². The summed E-state index contributed by atoms with van der Waals surface area (Å²) in [4.78, 5) is 31.3. The number of ketones is 1. The van der Waals surface area contributed by atoms with E-state index in [2.05, 4.69) is 5.32 Å². The molecule has 1 atom stereocenters. The molecule has 0 amide bonds. The number of hydrogen-bond donors (Lipinski definition) is 3. The Kier molecular flexibility index (Phi) is 7.61. The Morgan fingerprint density at radius 1 is 1.17 bits per heavy atom. The summed E-state index contributed by atoms with van der Waals surface area (Å²) in [7, 11) is 1.84. The number of likely N-dealkylation sites (N-methyl/N-ethyl adjacent to an activating group) is 1. The fraction of sp³-hybridized carbons (Fsp3) is 0.353. The lowest BCUT2D eigenvalue weighted by Crippen LogP contribution is -2.49. The van der Waals surface area contributed by atoms with Crippen molar-refractivity contribution in [1.82, 2.24) is 5.32 Å². The van der Waals surface area contributed by atoms with Crippen molar-refractivity contribution >= 4 is 29.3 Å². The average molecular weight is 354 g/mol. The number of rotatable bonds is 4. The standard InChI is InChI=1S/C13H16ClNO.C4H4O4/c1-15-13(9-5-4-8-12(13)16)10-6-2-3-7-11(10)14;5-3(6)1-2-4(7)8/h2-3,6-7,15H,4-5,8-9H2,1H3;1-2H,(H,5,6)(H,7,8). The summed E-state index contributed by atoms with van der Waals surface area (Å²) >= 11 is 6.20. The lowest BCUT2D eigenvalue weighted by molar-refractivity contribution is -0.134. The van der Waals surface area contributed by atoms with Crippen molar-refractivity contribution in [3.05, 3.63) is 47.0 Å². The largest absolute Gasteiger partial charge is 0.478 e. The number of carbonyl (C=O) groups excluding carboxylic acids is 1. The summed E-state index contributed by atoms with van der Waals surface area (Å²) in [5.74, 6) is -2.26. The van der Waals surface area contributed by atoms with Gasteiger partial charge in [-0.2, -0.15) is 0 Å². The van der Waals surface area contributed by atoms with E-state index in [9.17, 15) is 14.4 Å². The van der Waals surface area contributed by atoms with Gasteiger partial charge in [0, 0.05) is 23.6 Å². The minimum absolute atomic E-state index is 0.259. The summed E-state index contributed by atoms with van der Waals surface area (Å²) in [6, 6.07) is 7.62. The summed E-state index contributed by atoms with van der Waals surface area (Å²) in [6.45, 7) is 0. The van der Waals surface area contributed by atoms with Crippen LogP contribution in [0.3, 0.4) is 0 Å². The molecule has 130 valence electrons. The lowest BCUT2D eigenvalue weighted by atomic mass is 9.75. The van der Waals surface area contributed by atoms with Gasteiger partial charge in [0.25, 0.3) is 0 Å². The zero-order chi connectivity index (χ0) is 18.2. The highest BCUT2D eigenvalue weighted by Crippen LogP contribution is 2.37. The Bertz CT molecular complexity index is 628. The number of Topliss-reactive ketones (excluding diaryl/α,β-unsaturated/α-hetero) is 1. The molecule has 24 heavy (non-hydrogen) atoms. The Morgan fingerprint density at radius 3 is 2.21 bits per heavy atom. The number of benzene rings is 1. The third-order valence-corrected chi connectivity index (χ3v) is 4.14. The number of carbonyl (C=O) groups is 3. The number of nitrogens with one attached hydrogen (secondary N) is 1. The SMILES string of the molecule is CNC1(c2ccccc2Cl)CCCCC1=O.O=C(O)C=CC(=O)O. The maximum Gasteiger partial charge on any atom is 0.328 e. The Morgan fingerprint density at radius 2 is 1.75 bits per heavy atom. The van der Waals surface area contributed by atoms with E-state index in [-0.39, 0.29) is 5.78 Å². The Hall–Kier alpha value is -2.18. The van der Waals surface area contributed by atoms with Crippen LogP contribution in [-0.2, 0) is 19.9 Å². The van der Waals surface area contributed by atoms with E-state index in [0.717, 1.165) is 24.8 Å². The molecule has 1 aromatic rings. The molecule has 1 aliphatic rings. The summed E-state index contributed by atoms with van der Waals surface area (Å²) in [6.07, 6.45) is 4.66. The van der Waals surface area contributed by atoms with Crippen LogP contribution in [0.25, 0.3) is 0 Å². The third kappa shape index (κ3) is 5.18. The molecular formula is C17H20ClNO5. The van der Waals surface area contributed by atoms with Crippen LogP contribution >= 0.6 is 11.6 Å². The second kappa shape index (κ2) is 9.20. The molecule has 1 fully saturated rings. The monoisotopic (exact) mass is 353 g/mol. The molecule has 1 unspecified atom stereocenters. The second-order valence-electron chi connectivity index (χ2n) is 5.28. The first kappa shape index (κ1) is 19.9. The van der Waals surface area contributed by atoms with Gasteiger partial charge in [-0.1, -0.05) is 36.2 Å². The molecule has 2 rings (SSSR count). The van der Waals surface area contributed by atoms with Crippen molar-refractivity contribution in [3.8, 4) is 0 Å². The molecule has 1 aromatic carbocycles. The van der Waals surface area contributed by atoms with Crippen LogP contribution in [0.5, 0.6) is 0 Å². The van der Waals surface area contributed by atoms with Crippen molar-refractivity contribution in [2.24, 2.45) is 0 Å². The highest BCUT2D eigenvalue weighted by molar-refractivity contribution is 6.31. The van der Waals surface area contributed by atoms with Gasteiger partial charge in [0.1, 0.15) is 5.54 Å². The van der Waals surface area contributed by atoms with E-state index in [0.29, 0.717) is 23.6 Å². The van der Waals surface area contributed by atoms with Gasteiger partial charge in [0.15, 0.2) is 5.78 Å². The van der Waals surface area contributed by atoms with E-state index in [1.54, 1.807) is 0 Å². The smallest absolute Gasteiger partial charge is 0.328 e. The first-order valence-electron chi connectivity index (χ1n) is 7.44. The molecule has 0 aliphatic heterocycles. The summed E-state index contributed by atoms with van der Waals surface area (Å²) in [5, 5.41) is 19.5. The molecule has 3 N–H and O–H groups in total. The summed E-state index contributed by atoms with van der Waals surface area (Å²) < 4.78 is 0. The number of aliphatic carboxylic acids is 2. The summed E-state index contributed by atoms with van der Waals surface area (Å²) in [5.41, 5.74) is 0.361. The van der Waals surface area contributed by atoms with Gasteiger partial charge < -0.3 is 15.5 Å². The van der Waals surface area contributed by atoms with Crippen LogP contribution in [0.15, 0.2) is 36.4 Å². The minimum atomic E-state index is -1.26. The Labute approximate surface area is 145 Å².